The lowest BCUT2D eigenvalue weighted by atomic mass is 10.1. The van der Waals surface area contributed by atoms with E-state index in [1.165, 1.54) is 0 Å². The molecule has 4 heterocycles. The van der Waals surface area contributed by atoms with Crippen LogP contribution in [0.2, 0.25) is 0 Å². The molecule has 0 radical (unpaired) electrons. The smallest absolute Gasteiger partial charge is 0.222 e. The number of rotatable bonds is 2. The van der Waals surface area contributed by atoms with E-state index in [0.717, 1.165) is 47.6 Å². The summed E-state index contributed by atoms with van der Waals surface area (Å²) in [5.74, 6) is 1.22. The first-order chi connectivity index (χ1) is 11.3. The van der Waals surface area contributed by atoms with Gasteiger partial charge in [0, 0.05) is 23.7 Å². The van der Waals surface area contributed by atoms with Gasteiger partial charge in [-0.2, -0.15) is 10.1 Å². The summed E-state index contributed by atoms with van der Waals surface area (Å²) in [4.78, 5) is 11.2. The Hall–Kier alpha value is -2.67. The third-order valence-corrected chi connectivity index (χ3v) is 4.66. The fraction of sp³-hybridized carbons (Fsp3) is 0.312. The molecule has 3 N–H and O–H groups in total. The standard InChI is InChI=1S/C16H16N6O/c17-16-19-14-5-9(13-3-4-18-21-13)1-2-12(14)15(20-16)22-7-11-6-10(22)8-23-11/h1-5,10-11H,6-8H2,(H,18,21)(H2,17,19,20)/t10-,11-/m0/s1. The van der Waals surface area contributed by atoms with E-state index in [9.17, 15) is 0 Å². The van der Waals surface area contributed by atoms with Crippen molar-refractivity contribution in [1.29, 1.82) is 0 Å². The van der Waals surface area contributed by atoms with Crippen LogP contribution in [0.5, 0.6) is 0 Å². The maximum atomic E-state index is 5.96. The van der Waals surface area contributed by atoms with Gasteiger partial charge in [0.05, 0.1) is 30.0 Å². The van der Waals surface area contributed by atoms with E-state index < -0.39 is 0 Å². The van der Waals surface area contributed by atoms with Gasteiger partial charge < -0.3 is 15.4 Å². The van der Waals surface area contributed by atoms with Crippen LogP contribution in [-0.4, -0.2) is 45.5 Å². The lowest BCUT2D eigenvalue weighted by Crippen LogP contribution is -2.37. The minimum Gasteiger partial charge on any atom is -0.374 e. The SMILES string of the molecule is Nc1nc(N2C[C@@H]3C[C@H]2CO3)c2ccc(-c3cc[nH]n3)cc2n1. The van der Waals surface area contributed by atoms with Crippen molar-refractivity contribution in [2.24, 2.45) is 0 Å². The Labute approximate surface area is 132 Å². The van der Waals surface area contributed by atoms with Crippen LogP contribution in [0.1, 0.15) is 6.42 Å². The molecule has 2 saturated heterocycles. The van der Waals surface area contributed by atoms with E-state index in [4.69, 9.17) is 10.5 Å². The number of aromatic nitrogens is 4. The minimum absolute atomic E-state index is 0.301. The third-order valence-electron chi connectivity index (χ3n) is 4.66. The molecule has 2 aromatic heterocycles. The molecular weight excluding hydrogens is 292 g/mol. The fourth-order valence-corrected chi connectivity index (χ4v) is 3.59. The molecule has 0 spiro atoms. The summed E-state index contributed by atoms with van der Waals surface area (Å²) in [7, 11) is 0. The zero-order valence-corrected chi connectivity index (χ0v) is 12.4. The zero-order chi connectivity index (χ0) is 15.4. The van der Waals surface area contributed by atoms with Gasteiger partial charge in [-0.15, -0.1) is 0 Å². The van der Waals surface area contributed by atoms with Crippen LogP contribution in [0, 0.1) is 0 Å². The van der Waals surface area contributed by atoms with Crippen LogP contribution in [0.15, 0.2) is 30.5 Å². The average molecular weight is 308 g/mol. The normalized spacial score (nSPS) is 23.0. The van der Waals surface area contributed by atoms with Gasteiger partial charge in [0.1, 0.15) is 5.82 Å². The van der Waals surface area contributed by atoms with E-state index in [0.29, 0.717) is 18.1 Å². The zero-order valence-electron chi connectivity index (χ0n) is 12.4. The Morgan fingerprint density at radius 3 is 2.96 bits per heavy atom. The number of nitrogen functional groups attached to an aromatic ring is 1. The first-order valence-electron chi connectivity index (χ1n) is 7.73. The van der Waals surface area contributed by atoms with Gasteiger partial charge in [0.2, 0.25) is 5.95 Å². The number of ether oxygens (including phenoxy) is 1. The van der Waals surface area contributed by atoms with Gasteiger partial charge in [0.25, 0.3) is 0 Å². The molecule has 2 fully saturated rings. The van der Waals surface area contributed by atoms with Crippen LogP contribution in [0.3, 0.4) is 0 Å². The number of benzene rings is 1. The van der Waals surface area contributed by atoms with Crippen LogP contribution >= 0.6 is 0 Å². The summed E-state index contributed by atoms with van der Waals surface area (Å²) in [6.45, 7) is 1.64. The number of hydrogen-bond donors (Lipinski definition) is 2. The second-order valence-electron chi connectivity index (χ2n) is 6.09. The van der Waals surface area contributed by atoms with E-state index >= 15 is 0 Å². The Morgan fingerprint density at radius 1 is 1.26 bits per heavy atom. The van der Waals surface area contributed by atoms with E-state index in [2.05, 4.69) is 31.1 Å². The van der Waals surface area contributed by atoms with E-state index in [1.54, 1.807) is 6.20 Å². The molecule has 1 aromatic carbocycles. The summed E-state index contributed by atoms with van der Waals surface area (Å²) in [5, 5.41) is 8.07. The number of nitrogens with two attached hydrogens (primary N) is 1. The van der Waals surface area contributed by atoms with Gasteiger partial charge in [-0.1, -0.05) is 6.07 Å². The van der Waals surface area contributed by atoms with Crippen molar-refractivity contribution in [2.75, 3.05) is 23.8 Å². The predicted molar refractivity (Wildman–Crippen MR) is 87.0 cm³/mol. The summed E-state index contributed by atoms with van der Waals surface area (Å²) in [6.07, 6.45) is 3.19. The molecule has 0 aliphatic carbocycles. The van der Waals surface area contributed by atoms with Gasteiger partial charge in [-0.05, 0) is 24.6 Å². The second kappa shape index (κ2) is 4.66. The number of morpholine rings is 1. The van der Waals surface area contributed by atoms with E-state index in [-0.39, 0.29) is 0 Å². The van der Waals surface area contributed by atoms with Crippen LogP contribution in [0.25, 0.3) is 22.2 Å². The minimum atomic E-state index is 0.301. The molecule has 0 amide bonds. The second-order valence-corrected chi connectivity index (χ2v) is 6.09. The van der Waals surface area contributed by atoms with Crippen molar-refractivity contribution in [3.63, 3.8) is 0 Å². The summed E-state index contributed by atoms with van der Waals surface area (Å²) in [6, 6.07) is 8.44. The topological polar surface area (TPSA) is 92.9 Å². The molecule has 7 nitrogen and oxygen atoms in total. The van der Waals surface area contributed by atoms with Crippen molar-refractivity contribution in [1.82, 2.24) is 20.2 Å². The Balaban J connectivity index is 1.65. The highest BCUT2D eigenvalue weighted by atomic mass is 16.5. The predicted octanol–water partition coefficient (Wildman–Crippen LogP) is 1.58. The highest BCUT2D eigenvalue weighted by Crippen LogP contribution is 2.36. The highest BCUT2D eigenvalue weighted by Gasteiger charge is 2.40. The molecule has 116 valence electrons. The van der Waals surface area contributed by atoms with Crippen LogP contribution in [0.4, 0.5) is 11.8 Å². The number of H-pyrrole nitrogens is 1. The number of fused-ring (bicyclic) bond motifs is 3. The number of aromatic amines is 1. The number of anilines is 2. The fourth-order valence-electron chi connectivity index (χ4n) is 3.59. The Bertz CT molecular complexity index is 878. The summed E-state index contributed by atoms with van der Waals surface area (Å²) >= 11 is 0. The Morgan fingerprint density at radius 2 is 2.22 bits per heavy atom. The van der Waals surface area contributed by atoms with Crippen LogP contribution in [-0.2, 0) is 4.74 Å². The summed E-state index contributed by atoms with van der Waals surface area (Å²) < 4.78 is 5.69. The average Bonchev–Trinajstić information content (AvgIpc) is 3.30. The Kier molecular flexibility index (Phi) is 2.60. The van der Waals surface area contributed by atoms with Gasteiger partial charge >= 0.3 is 0 Å². The molecule has 7 heteroatoms. The third kappa shape index (κ3) is 1.97. The molecule has 3 aromatic rings. The number of nitrogens with one attached hydrogen (secondary N) is 1. The molecule has 2 aliphatic heterocycles. The quantitative estimate of drug-likeness (QED) is 0.746. The summed E-state index contributed by atoms with van der Waals surface area (Å²) in [5.41, 5.74) is 8.70. The molecule has 5 rings (SSSR count). The number of hydrogen-bond acceptors (Lipinski definition) is 6. The first kappa shape index (κ1) is 12.8. The van der Waals surface area contributed by atoms with Crippen LogP contribution < -0.4 is 10.6 Å². The lowest BCUT2D eigenvalue weighted by molar-refractivity contribution is 0.0990. The van der Waals surface area contributed by atoms with Crippen molar-refractivity contribution >= 4 is 22.7 Å². The molecule has 2 aliphatic rings. The maximum Gasteiger partial charge on any atom is 0.222 e. The maximum absolute atomic E-state index is 5.96. The van der Waals surface area contributed by atoms with Gasteiger partial charge in [0.15, 0.2) is 0 Å². The van der Waals surface area contributed by atoms with Crippen molar-refractivity contribution < 1.29 is 4.74 Å². The first-order valence-corrected chi connectivity index (χ1v) is 7.73. The van der Waals surface area contributed by atoms with Gasteiger partial charge in [-0.25, -0.2) is 4.98 Å². The number of nitrogens with zero attached hydrogens (tertiary/aromatic N) is 4. The molecule has 2 atom stereocenters. The highest BCUT2D eigenvalue weighted by molar-refractivity contribution is 5.93. The molecule has 23 heavy (non-hydrogen) atoms. The monoisotopic (exact) mass is 308 g/mol. The largest absolute Gasteiger partial charge is 0.374 e. The molecule has 0 saturated carbocycles. The lowest BCUT2D eigenvalue weighted by Gasteiger charge is -2.28. The molecular formula is C16H16N6O. The van der Waals surface area contributed by atoms with Crippen molar-refractivity contribution in [3.05, 3.63) is 30.5 Å². The molecule has 0 unspecified atom stereocenters. The van der Waals surface area contributed by atoms with Crippen molar-refractivity contribution in [2.45, 2.75) is 18.6 Å². The molecule has 2 bridgehead atoms. The van der Waals surface area contributed by atoms with Gasteiger partial charge in [-0.3, -0.25) is 5.10 Å². The van der Waals surface area contributed by atoms with Crippen molar-refractivity contribution in [3.8, 4) is 11.3 Å². The van der Waals surface area contributed by atoms with E-state index in [1.807, 2.05) is 18.2 Å².